The molecule has 24 heavy (non-hydrogen) atoms. The van der Waals surface area contributed by atoms with Crippen LogP contribution in [0, 0.1) is 11.8 Å². The van der Waals surface area contributed by atoms with Gasteiger partial charge < -0.3 is 10.1 Å². The molecule has 1 N–H and O–H groups in total. The van der Waals surface area contributed by atoms with Gasteiger partial charge in [0, 0.05) is 23.6 Å². The van der Waals surface area contributed by atoms with Crippen LogP contribution < -0.4 is 10.1 Å². The Labute approximate surface area is 142 Å². The molecule has 0 radical (unpaired) electrons. The number of ketones is 1. The lowest BCUT2D eigenvalue weighted by Crippen LogP contribution is -2.37. The lowest BCUT2D eigenvalue weighted by atomic mass is 9.81. The molecular formula is C20H23NO3. The molecule has 1 aliphatic carbocycles. The second-order valence-corrected chi connectivity index (χ2v) is 6.46. The lowest BCUT2D eigenvalue weighted by Gasteiger charge is -2.24. The molecule has 2 aromatic carbocycles. The molecule has 1 fully saturated rings. The van der Waals surface area contributed by atoms with Crippen molar-refractivity contribution in [2.75, 3.05) is 13.2 Å². The summed E-state index contributed by atoms with van der Waals surface area (Å²) in [5.74, 6) is 1.10. The molecule has 0 bridgehead atoms. The van der Waals surface area contributed by atoms with Crippen LogP contribution in [-0.2, 0) is 9.59 Å². The summed E-state index contributed by atoms with van der Waals surface area (Å²) in [6, 6.07) is 14.0. The SMILES string of the molecule is C[C@@H]1C[C@@H](C(=O)NCCOc2cccc3ccccc23)CCC1=O. The van der Waals surface area contributed by atoms with Gasteiger partial charge in [-0.2, -0.15) is 0 Å². The summed E-state index contributed by atoms with van der Waals surface area (Å²) in [5, 5.41) is 5.14. The molecule has 0 heterocycles. The van der Waals surface area contributed by atoms with Gasteiger partial charge in [0.2, 0.25) is 5.91 Å². The maximum absolute atomic E-state index is 12.2. The van der Waals surface area contributed by atoms with E-state index >= 15 is 0 Å². The van der Waals surface area contributed by atoms with Crippen molar-refractivity contribution in [1.29, 1.82) is 0 Å². The van der Waals surface area contributed by atoms with Crippen LogP contribution in [0.15, 0.2) is 42.5 Å². The van der Waals surface area contributed by atoms with Gasteiger partial charge in [-0.25, -0.2) is 0 Å². The van der Waals surface area contributed by atoms with Crippen molar-refractivity contribution in [2.24, 2.45) is 11.8 Å². The van der Waals surface area contributed by atoms with Crippen LogP contribution >= 0.6 is 0 Å². The molecule has 0 unspecified atom stereocenters. The molecule has 0 saturated heterocycles. The predicted molar refractivity (Wildman–Crippen MR) is 94.0 cm³/mol. The molecule has 0 spiro atoms. The normalized spacial score (nSPS) is 20.8. The average Bonchev–Trinajstić information content (AvgIpc) is 2.61. The van der Waals surface area contributed by atoms with Crippen LogP contribution in [0.1, 0.15) is 26.2 Å². The maximum atomic E-state index is 12.2. The number of amides is 1. The van der Waals surface area contributed by atoms with Gasteiger partial charge in [-0.3, -0.25) is 9.59 Å². The van der Waals surface area contributed by atoms with E-state index in [4.69, 9.17) is 4.74 Å². The highest BCUT2D eigenvalue weighted by molar-refractivity contribution is 5.88. The van der Waals surface area contributed by atoms with Gasteiger partial charge in [0.15, 0.2) is 0 Å². The van der Waals surface area contributed by atoms with Crippen LogP contribution in [0.2, 0.25) is 0 Å². The number of carbonyl (C=O) groups excluding carboxylic acids is 2. The van der Waals surface area contributed by atoms with Crippen molar-refractivity contribution in [1.82, 2.24) is 5.32 Å². The minimum absolute atomic E-state index is 0.00133. The molecule has 0 aromatic heterocycles. The van der Waals surface area contributed by atoms with E-state index in [1.807, 2.05) is 37.3 Å². The molecule has 1 aliphatic rings. The standard InChI is InChI=1S/C20H23NO3/c1-14-13-16(9-10-18(14)22)20(23)21-11-12-24-19-8-4-6-15-5-2-3-7-17(15)19/h2-8,14,16H,9-13H2,1H3,(H,21,23)/t14-,16+/m1/s1. The lowest BCUT2D eigenvalue weighted by molar-refractivity contribution is -0.131. The van der Waals surface area contributed by atoms with Gasteiger partial charge in [-0.15, -0.1) is 0 Å². The highest BCUT2D eigenvalue weighted by atomic mass is 16.5. The molecule has 0 aliphatic heterocycles. The van der Waals surface area contributed by atoms with Crippen LogP contribution in [0.3, 0.4) is 0 Å². The number of Topliss-reactive ketones (excluding diaryl/α,β-unsaturated/α-hetero) is 1. The predicted octanol–water partition coefficient (Wildman–Crippen LogP) is 3.34. The Morgan fingerprint density at radius 3 is 2.83 bits per heavy atom. The first-order chi connectivity index (χ1) is 11.6. The van der Waals surface area contributed by atoms with Crippen LogP contribution in [-0.4, -0.2) is 24.8 Å². The maximum Gasteiger partial charge on any atom is 0.223 e. The van der Waals surface area contributed by atoms with Gasteiger partial charge >= 0.3 is 0 Å². The molecule has 3 rings (SSSR count). The summed E-state index contributed by atoms with van der Waals surface area (Å²) < 4.78 is 5.83. The van der Waals surface area contributed by atoms with E-state index in [0.717, 1.165) is 16.5 Å². The van der Waals surface area contributed by atoms with E-state index in [1.54, 1.807) is 0 Å². The molecule has 1 saturated carbocycles. The number of hydrogen-bond acceptors (Lipinski definition) is 3. The summed E-state index contributed by atoms with van der Waals surface area (Å²) in [6.07, 6.45) is 1.85. The van der Waals surface area contributed by atoms with Gasteiger partial charge in [0.1, 0.15) is 18.1 Å². The molecule has 2 atom stereocenters. The fourth-order valence-corrected chi connectivity index (χ4v) is 3.28. The van der Waals surface area contributed by atoms with Crippen molar-refractivity contribution in [3.05, 3.63) is 42.5 Å². The molecule has 4 heteroatoms. The highest BCUT2D eigenvalue weighted by Crippen LogP contribution is 2.26. The van der Waals surface area contributed by atoms with E-state index in [1.165, 1.54) is 0 Å². The Morgan fingerprint density at radius 1 is 1.21 bits per heavy atom. The second-order valence-electron chi connectivity index (χ2n) is 6.46. The number of benzene rings is 2. The summed E-state index contributed by atoms with van der Waals surface area (Å²) in [6.45, 7) is 2.81. The third kappa shape index (κ3) is 3.75. The number of nitrogens with one attached hydrogen (secondary N) is 1. The van der Waals surface area contributed by atoms with Gasteiger partial charge in [0.25, 0.3) is 0 Å². The topological polar surface area (TPSA) is 55.4 Å². The number of carbonyl (C=O) groups is 2. The monoisotopic (exact) mass is 325 g/mol. The Balaban J connectivity index is 1.48. The Bertz CT molecular complexity index is 735. The summed E-state index contributed by atoms with van der Waals surface area (Å²) in [4.78, 5) is 23.7. The number of rotatable bonds is 5. The van der Waals surface area contributed by atoms with E-state index in [0.29, 0.717) is 32.4 Å². The minimum atomic E-state index is -0.0461. The second kappa shape index (κ2) is 7.47. The first kappa shape index (κ1) is 16.5. The largest absolute Gasteiger partial charge is 0.491 e. The van der Waals surface area contributed by atoms with E-state index in [9.17, 15) is 9.59 Å². The quantitative estimate of drug-likeness (QED) is 0.858. The van der Waals surface area contributed by atoms with E-state index < -0.39 is 0 Å². The number of hydrogen-bond donors (Lipinski definition) is 1. The van der Waals surface area contributed by atoms with Crippen molar-refractivity contribution in [2.45, 2.75) is 26.2 Å². The first-order valence-corrected chi connectivity index (χ1v) is 8.56. The van der Waals surface area contributed by atoms with Crippen LogP contribution in [0.25, 0.3) is 10.8 Å². The smallest absolute Gasteiger partial charge is 0.223 e. The molecule has 4 nitrogen and oxygen atoms in total. The van der Waals surface area contributed by atoms with Crippen molar-refractivity contribution < 1.29 is 14.3 Å². The molecule has 126 valence electrons. The first-order valence-electron chi connectivity index (χ1n) is 8.56. The third-order valence-corrected chi connectivity index (χ3v) is 4.71. The molecule has 1 amide bonds. The average molecular weight is 325 g/mol. The fourth-order valence-electron chi connectivity index (χ4n) is 3.28. The Morgan fingerprint density at radius 2 is 2.00 bits per heavy atom. The van der Waals surface area contributed by atoms with Crippen molar-refractivity contribution in [3.8, 4) is 5.75 Å². The number of ether oxygens (including phenoxy) is 1. The summed E-state index contributed by atoms with van der Waals surface area (Å²) >= 11 is 0. The third-order valence-electron chi connectivity index (χ3n) is 4.71. The Kier molecular flexibility index (Phi) is 5.14. The zero-order chi connectivity index (χ0) is 16.9. The van der Waals surface area contributed by atoms with Crippen molar-refractivity contribution >= 4 is 22.5 Å². The van der Waals surface area contributed by atoms with Crippen LogP contribution in [0.5, 0.6) is 5.75 Å². The van der Waals surface area contributed by atoms with Gasteiger partial charge in [0.05, 0.1) is 6.54 Å². The van der Waals surface area contributed by atoms with E-state index in [2.05, 4.69) is 17.4 Å². The zero-order valence-electron chi connectivity index (χ0n) is 14.0. The highest BCUT2D eigenvalue weighted by Gasteiger charge is 2.29. The van der Waals surface area contributed by atoms with Crippen LogP contribution in [0.4, 0.5) is 0 Å². The van der Waals surface area contributed by atoms with Gasteiger partial charge in [-0.05, 0) is 24.3 Å². The fraction of sp³-hybridized carbons (Fsp3) is 0.400. The molecule has 2 aromatic rings. The summed E-state index contributed by atoms with van der Waals surface area (Å²) in [5.41, 5.74) is 0. The zero-order valence-corrected chi connectivity index (χ0v) is 14.0. The van der Waals surface area contributed by atoms with E-state index in [-0.39, 0.29) is 23.5 Å². The Hall–Kier alpha value is -2.36. The number of fused-ring (bicyclic) bond motifs is 1. The van der Waals surface area contributed by atoms with Gasteiger partial charge in [-0.1, -0.05) is 43.3 Å². The molecular weight excluding hydrogens is 302 g/mol. The van der Waals surface area contributed by atoms with Crippen molar-refractivity contribution in [3.63, 3.8) is 0 Å². The summed E-state index contributed by atoms with van der Waals surface area (Å²) in [7, 11) is 0. The minimum Gasteiger partial charge on any atom is -0.491 e.